The normalized spacial score (nSPS) is 13.5. The maximum Gasteiger partial charge on any atom is 0.329 e. The van der Waals surface area contributed by atoms with E-state index in [-0.39, 0.29) is 29.7 Å². The smallest absolute Gasteiger partial charge is 0.329 e. The Kier molecular flexibility index (Phi) is 43.1. The van der Waals surface area contributed by atoms with Crippen molar-refractivity contribution in [2.45, 2.75) is 246 Å². The number of carbonyl (C=O) groups excluding carboxylic acids is 5. The van der Waals surface area contributed by atoms with Crippen LogP contribution in [0.1, 0.15) is 215 Å². The average molecular weight is 1780 g/mol. The first-order valence-corrected chi connectivity index (χ1v) is 46.8. The third kappa shape index (κ3) is 39.1. The van der Waals surface area contributed by atoms with Crippen LogP contribution in [-0.2, 0) is 102 Å². The van der Waals surface area contributed by atoms with Gasteiger partial charge in [0.2, 0.25) is 17.7 Å². The van der Waals surface area contributed by atoms with E-state index < -0.39 is 35.2 Å². The van der Waals surface area contributed by atoms with E-state index in [9.17, 15) is 33.9 Å². The lowest BCUT2D eigenvalue weighted by Gasteiger charge is -2.28. The second-order valence-corrected chi connectivity index (χ2v) is 36.1. The zero-order valence-electron chi connectivity index (χ0n) is 77.5. The van der Waals surface area contributed by atoms with Crippen LogP contribution in [0.5, 0.6) is 0 Å². The number of hydrogen-bond donors (Lipinski definition) is 6. The molecule has 6 heterocycles. The zero-order chi connectivity index (χ0) is 92.2. The van der Waals surface area contributed by atoms with Gasteiger partial charge in [-0.05, 0) is 257 Å². The Balaban J connectivity index is 0.000000205. The molecule has 0 saturated carbocycles. The van der Waals surface area contributed by atoms with Gasteiger partial charge in [0, 0.05) is 137 Å². The number of fused-ring (bicyclic) bond motifs is 3. The number of esters is 2. The second-order valence-electron chi connectivity index (χ2n) is 35.7. The van der Waals surface area contributed by atoms with Crippen LogP contribution in [0.4, 0.5) is 5.82 Å². The minimum absolute atomic E-state index is 0.0334. The topological polar surface area (TPSA) is 341 Å². The number of aryl methyl sites for hydroxylation is 9. The molecule has 3 aliphatic rings. The Labute approximate surface area is 769 Å². The molecule has 3 atom stereocenters. The van der Waals surface area contributed by atoms with Gasteiger partial charge >= 0.3 is 17.9 Å². The van der Waals surface area contributed by atoms with Gasteiger partial charge < -0.3 is 56.3 Å². The highest BCUT2D eigenvalue weighted by Gasteiger charge is 2.29. The fraction of sp³-hybridized carbons (Fsp3) is 0.500. The second kappa shape index (κ2) is 54.6. The number of unbranched alkanes of at least 4 members (excludes halogenated alkanes) is 3. The highest BCUT2D eigenvalue weighted by Crippen LogP contribution is 2.27. The van der Waals surface area contributed by atoms with Crippen molar-refractivity contribution in [3.8, 4) is 33.8 Å². The highest BCUT2D eigenvalue weighted by atomic mass is 35.5. The Morgan fingerprint density at radius 1 is 0.411 bits per heavy atom. The summed E-state index contributed by atoms with van der Waals surface area (Å²) in [7, 11) is 0. The van der Waals surface area contributed by atoms with Gasteiger partial charge in [-0.3, -0.25) is 53.9 Å². The predicted molar refractivity (Wildman–Crippen MR) is 510 cm³/mol. The van der Waals surface area contributed by atoms with Gasteiger partial charge in [0.1, 0.15) is 34.3 Å². The summed E-state index contributed by atoms with van der Waals surface area (Å²) in [6.45, 7) is 24.1. The van der Waals surface area contributed by atoms with Crippen molar-refractivity contribution in [3.05, 3.63) is 226 Å². The van der Waals surface area contributed by atoms with Crippen LogP contribution in [0.3, 0.4) is 0 Å². The molecule has 0 unspecified atom stereocenters. The standard InChI is InChI=1S/C35H48N6O3.C32H41N5O3.C25H42N4O3.C10H7ClN2/c1-26(42)37-20-23-41(21-11-10-15-29-18-17-28-14-8-9-16-30(28)38-29)22-19-31(34(43)44-35(2,3)4)39-33-25-36-24-32(40-33)27-12-6-5-7-13-27;1-24(38)34-17-20-37(18-8-7-12-28-15-14-26-11-5-6-13-30(26)35-28)19-16-27(32(39)40)21-29-22-33-23-31(36-29)25-9-3-2-4-10-25;1-19(30)27-15-18-29(17-14-22(26)24(31)32-25(2,3)4)16-8-7-10-21-13-12-20-9-5-6-11-23(20)28-21;11-10-7-12-6-9(13-10)8-4-2-1-3-5-8/h5-7,12-13,17-18,24-25,31H,8-11,14-16,19-23H2,1-4H3,(H,37,42)(H,39,40);2-4,9-10,14-15,22-23,27H,5-8,11-13,16-21H2,1H3,(H,34,38)(H,39,40);12-13,22H,5-11,14-18,26H2,1-4H3,(H,27,30);1-7H/t31-;27-;22-;/m010./s1. The lowest BCUT2D eigenvalue weighted by atomic mass is 9.95. The number of halogens is 1. The minimum atomic E-state index is -0.827. The molecule has 9 aromatic rings. The van der Waals surface area contributed by atoms with Crippen molar-refractivity contribution in [1.29, 1.82) is 0 Å². The molecule has 0 saturated heterocycles. The quantitative estimate of drug-likeness (QED) is 0.0153. The first-order valence-electron chi connectivity index (χ1n) is 46.4. The number of carboxylic acid groups (broad SMARTS) is 1. The first kappa shape index (κ1) is 102. The van der Waals surface area contributed by atoms with E-state index >= 15 is 0 Å². The van der Waals surface area contributed by atoms with Gasteiger partial charge in [0.25, 0.3) is 0 Å². The SMILES string of the molecule is CC(=O)NCCN(CCCCc1ccc2c(n1)CCCC2)CC[C@H](Cc1cncc(-c2ccccc2)n1)C(=O)O.CC(=O)NCCN(CCCCc1ccc2c(n1)CCCC2)CC[C@H](N)C(=O)OC(C)(C)C.CC(=O)NCCN(CCCCc1ccc2c(n1)CCCC2)CC[C@H](Nc1cncc(-c2ccccc2)n1)C(=O)OC(C)(C)C.Clc1cncc(-c2ccccc2)n1. The van der Waals surface area contributed by atoms with Gasteiger partial charge in [0.05, 0.1) is 59.7 Å². The molecule has 0 spiro atoms. The molecule has 3 aliphatic carbocycles. The summed E-state index contributed by atoms with van der Waals surface area (Å²) < 4.78 is 11.2. The summed E-state index contributed by atoms with van der Waals surface area (Å²) in [5, 5.41) is 22.3. The van der Waals surface area contributed by atoms with Crippen LogP contribution in [0.25, 0.3) is 33.8 Å². The summed E-state index contributed by atoms with van der Waals surface area (Å²) in [4.78, 5) is 120. The molecule has 0 aliphatic heterocycles. The molecule has 3 amide bonds. The largest absolute Gasteiger partial charge is 0.481 e. The van der Waals surface area contributed by atoms with E-state index in [1.54, 1.807) is 31.0 Å². The number of hydrogen-bond acceptors (Lipinski definition) is 22. The molecule has 0 radical (unpaired) electrons. The fourth-order valence-corrected chi connectivity index (χ4v) is 15.9. The Hall–Kier alpha value is -10.9. The number of benzene rings is 3. The monoisotopic (exact) mass is 1780 g/mol. The highest BCUT2D eigenvalue weighted by molar-refractivity contribution is 6.29. The lowest BCUT2D eigenvalue weighted by molar-refractivity contribution is -0.157. The number of carboxylic acids is 1. The molecule has 3 aromatic carbocycles. The van der Waals surface area contributed by atoms with Crippen LogP contribution in [0.15, 0.2) is 165 Å². The van der Waals surface area contributed by atoms with Crippen LogP contribution < -0.4 is 27.0 Å². The van der Waals surface area contributed by atoms with Crippen molar-refractivity contribution in [3.63, 3.8) is 0 Å². The Bertz CT molecular complexity index is 4920. The summed E-state index contributed by atoms with van der Waals surface area (Å²) in [6, 6.07) is 41.5. The molecule has 6 aromatic heterocycles. The first-order chi connectivity index (χ1) is 62.1. The Morgan fingerprint density at radius 3 is 1.19 bits per heavy atom. The van der Waals surface area contributed by atoms with Gasteiger partial charge in [-0.25, -0.2) is 19.7 Å². The van der Waals surface area contributed by atoms with E-state index in [2.05, 4.69) is 97.3 Å². The third-order valence-corrected chi connectivity index (χ3v) is 22.7. The summed E-state index contributed by atoms with van der Waals surface area (Å²) in [5.41, 5.74) is 22.4. The number of aromatic nitrogens is 9. The average Bonchev–Trinajstić information content (AvgIpc) is 0.871. The van der Waals surface area contributed by atoms with Crippen LogP contribution >= 0.6 is 11.6 Å². The van der Waals surface area contributed by atoms with Gasteiger partial charge in [-0.2, -0.15) is 0 Å². The summed E-state index contributed by atoms with van der Waals surface area (Å²) in [5.74, 6) is -1.70. The van der Waals surface area contributed by atoms with Crippen molar-refractivity contribution in [2.75, 3.05) is 83.9 Å². The molecule has 12 rings (SSSR count). The third-order valence-electron chi connectivity index (χ3n) is 22.5. The number of rotatable bonds is 43. The number of pyridine rings is 3. The van der Waals surface area contributed by atoms with Crippen molar-refractivity contribution < 1.29 is 43.3 Å². The number of aliphatic carboxylic acids is 1. The fourth-order valence-electron chi connectivity index (χ4n) is 15.8. The number of ether oxygens (including phenoxy) is 2. The molecule has 7 N–H and O–H groups in total. The van der Waals surface area contributed by atoms with E-state index in [4.69, 9.17) is 46.7 Å². The van der Waals surface area contributed by atoms with Gasteiger partial charge in [-0.15, -0.1) is 0 Å². The van der Waals surface area contributed by atoms with Crippen LogP contribution in [-0.4, -0.2) is 202 Å². The number of anilines is 1. The molecule has 129 heavy (non-hydrogen) atoms. The minimum Gasteiger partial charge on any atom is -0.481 e. The lowest BCUT2D eigenvalue weighted by Crippen LogP contribution is -2.41. The summed E-state index contributed by atoms with van der Waals surface area (Å²) >= 11 is 5.72. The number of nitrogens with zero attached hydrogens (tertiary/aromatic N) is 12. The molecular formula is C102H138ClN17O9. The van der Waals surface area contributed by atoms with Crippen LogP contribution in [0.2, 0.25) is 5.15 Å². The number of nitrogens with two attached hydrogens (primary N) is 1. The van der Waals surface area contributed by atoms with Crippen molar-refractivity contribution in [1.82, 2.24) is 75.5 Å². The van der Waals surface area contributed by atoms with E-state index in [1.165, 1.54) is 111 Å². The predicted octanol–water partition coefficient (Wildman–Crippen LogP) is 15.5. The molecular weight excluding hydrogens is 1640 g/mol. The van der Waals surface area contributed by atoms with Crippen molar-refractivity contribution >= 4 is 53.0 Å². The molecule has 0 fully saturated rings. The number of amides is 3. The molecule has 692 valence electrons. The Morgan fingerprint density at radius 2 is 0.783 bits per heavy atom. The van der Waals surface area contributed by atoms with E-state index in [0.717, 1.165) is 162 Å². The van der Waals surface area contributed by atoms with Crippen molar-refractivity contribution in [2.24, 2.45) is 11.7 Å². The van der Waals surface area contributed by atoms with E-state index in [1.807, 2.05) is 133 Å². The summed E-state index contributed by atoms with van der Waals surface area (Å²) in [6.07, 6.45) is 35.0. The zero-order valence-corrected chi connectivity index (χ0v) is 78.3. The maximum absolute atomic E-state index is 13.3. The molecule has 27 heteroatoms. The number of nitrogens with one attached hydrogen (secondary N) is 4. The van der Waals surface area contributed by atoms with Crippen LogP contribution in [0, 0.1) is 5.92 Å². The molecule has 0 bridgehead atoms. The maximum atomic E-state index is 13.3. The molecule has 26 nitrogen and oxygen atoms in total. The van der Waals surface area contributed by atoms with Gasteiger partial charge in [-0.1, -0.05) is 121 Å². The van der Waals surface area contributed by atoms with E-state index in [0.29, 0.717) is 94.7 Å². The number of carbonyl (C=O) groups is 6. The van der Waals surface area contributed by atoms with Gasteiger partial charge in [0.15, 0.2) is 0 Å².